The fourth-order valence-electron chi connectivity index (χ4n) is 1.85. The van der Waals surface area contributed by atoms with Crippen LogP contribution in [0.2, 0.25) is 0 Å². The SMILES string of the molecule is COc1ccc(CCNc2nccc(OC(C)C)n2)cc1. The van der Waals surface area contributed by atoms with Crippen molar-refractivity contribution in [1.29, 1.82) is 0 Å². The van der Waals surface area contributed by atoms with E-state index >= 15 is 0 Å². The third-order valence-electron chi connectivity index (χ3n) is 2.84. The van der Waals surface area contributed by atoms with Crippen LogP contribution >= 0.6 is 0 Å². The monoisotopic (exact) mass is 287 g/mol. The maximum atomic E-state index is 5.54. The van der Waals surface area contributed by atoms with Gasteiger partial charge >= 0.3 is 0 Å². The van der Waals surface area contributed by atoms with Gasteiger partial charge < -0.3 is 14.8 Å². The first-order valence-corrected chi connectivity index (χ1v) is 7.04. The number of benzene rings is 1. The average molecular weight is 287 g/mol. The summed E-state index contributed by atoms with van der Waals surface area (Å²) in [4.78, 5) is 8.49. The highest BCUT2D eigenvalue weighted by molar-refractivity contribution is 5.30. The molecule has 0 aliphatic carbocycles. The minimum Gasteiger partial charge on any atom is -0.497 e. The highest BCUT2D eigenvalue weighted by atomic mass is 16.5. The zero-order valence-corrected chi connectivity index (χ0v) is 12.7. The van der Waals surface area contributed by atoms with Gasteiger partial charge in [0.25, 0.3) is 0 Å². The van der Waals surface area contributed by atoms with E-state index in [-0.39, 0.29) is 6.10 Å². The van der Waals surface area contributed by atoms with Crippen LogP contribution in [0.25, 0.3) is 0 Å². The van der Waals surface area contributed by atoms with Crippen molar-refractivity contribution in [1.82, 2.24) is 9.97 Å². The fraction of sp³-hybridized carbons (Fsp3) is 0.375. The molecule has 0 unspecified atom stereocenters. The number of rotatable bonds is 7. The molecular formula is C16H21N3O2. The number of ether oxygens (including phenoxy) is 2. The molecule has 0 saturated heterocycles. The van der Waals surface area contributed by atoms with Crippen LogP contribution in [0.1, 0.15) is 19.4 Å². The van der Waals surface area contributed by atoms with Gasteiger partial charge in [0.05, 0.1) is 13.2 Å². The van der Waals surface area contributed by atoms with Crippen LogP contribution in [0.3, 0.4) is 0 Å². The van der Waals surface area contributed by atoms with Gasteiger partial charge in [-0.25, -0.2) is 4.98 Å². The van der Waals surface area contributed by atoms with Gasteiger partial charge in [0.15, 0.2) is 0 Å². The van der Waals surface area contributed by atoms with Gasteiger partial charge in [0.1, 0.15) is 5.75 Å². The molecule has 0 saturated carbocycles. The Morgan fingerprint density at radius 3 is 2.57 bits per heavy atom. The maximum Gasteiger partial charge on any atom is 0.225 e. The summed E-state index contributed by atoms with van der Waals surface area (Å²) in [6.07, 6.45) is 2.69. The van der Waals surface area contributed by atoms with Gasteiger partial charge in [0, 0.05) is 18.8 Å². The molecule has 1 N–H and O–H groups in total. The van der Waals surface area contributed by atoms with Crippen molar-refractivity contribution in [3.63, 3.8) is 0 Å². The van der Waals surface area contributed by atoms with Gasteiger partial charge in [-0.2, -0.15) is 4.98 Å². The second-order valence-corrected chi connectivity index (χ2v) is 4.91. The van der Waals surface area contributed by atoms with Crippen LogP contribution in [0.5, 0.6) is 11.6 Å². The van der Waals surface area contributed by atoms with E-state index in [1.165, 1.54) is 5.56 Å². The molecule has 0 aliphatic heterocycles. The number of hydrogen-bond acceptors (Lipinski definition) is 5. The fourth-order valence-corrected chi connectivity index (χ4v) is 1.85. The Labute approximate surface area is 125 Å². The summed E-state index contributed by atoms with van der Waals surface area (Å²) >= 11 is 0. The smallest absolute Gasteiger partial charge is 0.225 e. The second-order valence-electron chi connectivity index (χ2n) is 4.91. The summed E-state index contributed by atoms with van der Waals surface area (Å²) in [5, 5.41) is 3.20. The number of nitrogens with zero attached hydrogens (tertiary/aromatic N) is 2. The lowest BCUT2D eigenvalue weighted by molar-refractivity contribution is 0.232. The minimum atomic E-state index is 0.104. The van der Waals surface area contributed by atoms with Gasteiger partial charge in [-0.05, 0) is 38.0 Å². The first kappa shape index (κ1) is 15.1. The molecule has 21 heavy (non-hydrogen) atoms. The first-order valence-electron chi connectivity index (χ1n) is 7.04. The quantitative estimate of drug-likeness (QED) is 0.848. The van der Waals surface area contributed by atoms with E-state index < -0.39 is 0 Å². The molecule has 1 aromatic heterocycles. The lowest BCUT2D eigenvalue weighted by atomic mass is 10.1. The minimum absolute atomic E-state index is 0.104. The van der Waals surface area contributed by atoms with E-state index in [0.29, 0.717) is 11.8 Å². The van der Waals surface area contributed by atoms with E-state index in [1.54, 1.807) is 19.4 Å². The zero-order valence-electron chi connectivity index (χ0n) is 12.7. The molecule has 0 amide bonds. The third-order valence-corrected chi connectivity index (χ3v) is 2.84. The van der Waals surface area contributed by atoms with Crippen LogP contribution in [0, 0.1) is 0 Å². The molecule has 0 bridgehead atoms. The lowest BCUT2D eigenvalue weighted by Gasteiger charge is -2.10. The molecule has 0 radical (unpaired) electrons. The molecule has 2 rings (SSSR count). The maximum absolute atomic E-state index is 5.54. The Morgan fingerprint density at radius 2 is 1.90 bits per heavy atom. The molecule has 0 aliphatic rings. The summed E-state index contributed by atoms with van der Waals surface area (Å²) in [6.45, 7) is 4.70. The van der Waals surface area contributed by atoms with E-state index in [1.807, 2.05) is 26.0 Å². The van der Waals surface area contributed by atoms with Gasteiger partial charge in [-0.15, -0.1) is 0 Å². The molecule has 0 fully saturated rings. The Kier molecular flexibility index (Phi) is 5.37. The van der Waals surface area contributed by atoms with Crippen LogP contribution in [-0.4, -0.2) is 29.7 Å². The Balaban J connectivity index is 1.85. The van der Waals surface area contributed by atoms with Crippen LogP contribution < -0.4 is 14.8 Å². The van der Waals surface area contributed by atoms with Gasteiger partial charge in [0.2, 0.25) is 11.8 Å². The predicted octanol–water partition coefficient (Wildman–Crippen LogP) is 2.93. The standard InChI is InChI=1S/C16H21N3O2/c1-12(2)21-15-9-11-18-16(19-15)17-10-8-13-4-6-14(20-3)7-5-13/h4-7,9,11-12H,8,10H2,1-3H3,(H,17,18,19). The van der Waals surface area contributed by atoms with Crippen molar-refractivity contribution in [2.45, 2.75) is 26.4 Å². The number of aromatic nitrogens is 2. The van der Waals surface area contributed by atoms with Crippen molar-refractivity contribution in [3.05, 3.63) is 42.1 Å². The molecule has 5 heteroatoms. The summed E-state index contributed by atoms with van der Waals surface area (Å²) < 4.78 is 10.7. The summed E-state index contributed by atoms with van der Waals surface area (Å²) in [5.41, 5.74) is 1.23. The first-order chi connectivity index (χ1) is 10.2. The highest BCUT2D eigenvalue weighted by Crippen LogP contribution is 2.13. The van der Waals surface area contributed by atoms with Crippen LogP contribution in [0.4, 0.5) is 5.95 Å². The van der Waals surface area contributed by atoms with Crippen molar-refractivity contribution >= 4 is 5.95 Å². The third kappa shape index (κ3) is 4.95. The summed E-state index contributed by atoms with van der Waals surface area (Å²) in [6, 6.07) is 9.79. The molecule has 0 spiro atoms. The largest absolute Gasteiger partial charge is 0.497 e. The molecular weight excluding hydrogens is 266 g/mol. The molecule has 112 valence electrons. The molecule has 5 nitrogen and oxygen atoms in total. The Bertz CT molecular complexity index is 556. The molecule has 0 atom stereocenters. The number of nitrogens with one attached hydrogen (secondary N) is 1. The van der Waals surface area contributed by atoms with Crippen molar-refractivity contribution in [3.8, 4) is 11.6 Å². The van der Waals surface area contributed by atoms with E-state index in [2.05, 4.69) is 27.4 Å². The van der Waals surface area contributed by atoms with Crippen molar-refractivity contribution < 1.29 is 9.47 Å². The lowest BCUT2D eigenvalue weighted by Crippen LogP contribution is -2.11. The molecule has 1 aromatic carbocycles. The predicted molar refractivity (Wildman–Crippen MR) is 83.0 cm³/mol. The topological polar surface area (TPSA) is 56.3 Å². The second kappa shape index (κ2) is 7.47. The van der Waals surface area contributed by atoms with Crippen molar-refractivity contribution in [2.24, 2.45) is 0 Å². The number of methoxy groups -OCH3 is 1. The van der Waals surface area contributed by atoms with Gasteiger partial charge in [-0.1, -0.05) is 12.1 Å². The van der Waals surface area contributed by atoms with Crippen LogP contribution in [0.15, 0.2) is 36.5 Å². The van der Waals surface area contributed by atoms with E-state index in [9.17, 15) is 0 Å². The van der Waals surface area contributed by atoms with Crippen molar-refractivity contribution in [2.75, 3.05) is 19.0 Å². The Hall–Kier alpha value is -2.30. The normalized spacial score (nSPS) is 10.5. The van der Waals surface area contributed by atoms with Crippen LogP contribution in [-0.2, 0) is 6.42 Å². The number of anilines is 1. The Morgan fingerprint density at radius 1 is 1.14 bits per heavy atom. The molecule has 2 aromatic rings. The molecule has 1 heterocycles. The van der Waals surface area contributed by atoms with Gasteiger partial charge in [-0.3, -0.25) is 0 Å². The summed E-state index contributed by atoms with van der Waals surface area (Å²) in [5.74, 6) is 2.04. The average Bonchev–Trinajstić information content (AvgIpc) is 2.48. The summed E-state index contributed by atoms with van der Waals surface area (Å²) in [7, 11) is 1.67. The van der Waals surface area contributed by atoms with E-state index in [0.717, 1.165) is 18.7 Å². The zero-order chi connectivity index (χ0) is 15.1. The van der Waals surface area contributed by atoms with E-state index in [4.69, 9.17) is 9.47 Å². The number of hydrogen-bond donors (Lipinski definition) is 1. The highest BCUT2D eigenvalue weighted by Gasteiger charge is 2.02.